The first kappa shape index (κ1) is 57.7. The number of nitro groups is 1. The number of anilines is 2. The molecule has 11 rings (SSSR count). The van der Waals surface area contributed by atoms with E-state index in [1.54, 1.807) is 24.4 Å². The molecule has 0 bridgehead atoms. The molecule has 0 saturated carbocycles. The molecule has 5 aliphatic rings. The number of piperazine rings is 1. The van der Waals surface area contributed by atoms with E-state index < -0.39 is 43.4 Å². The maximum Gasteiger partial charge on any atom is 0.293 e. The summed E-state index contributed by atoms with van der Waals surface area (Å²) < 4.78 is 36.5. The van der Waals surface area contributed by atoms with Gasteiger partial charge in [-0.25, -0.2) is 18.1 Å². The lowest BCUT2D eigenvalue weighted by Gasteiger charge is -2.39. The van der Waals surface area contributed by atoms with Crippen LogP contribution in [0, 0.1) is 33.3 Å². The van der Waals surface area contributed by atoms with Crippen molar-refractivity contribution < 1.29 is 37.3 Å². The molecule has 4 aromatic carbocycles. The predicted molar refractivity (Wildman–Crippen MR) is 321 cm³/mol. The Morgan fingerprint density at radius 2 is 1.77 bits per heavy atom. The number of piperidine rings is 2. The van der Waals surface area contributed by atoms with Crippen LogP contribution in [-0.4, -0.2) is 127 Å². The molecule has 2 unspecified atom stereocenters. The van der Waals surface area contributed by atoms with Crippen molar-refractivity contribution in [1.29, 1.82) is 0 Å². The number of carbonyl (C=O) groups is 4. The minimum atomic E-state index is -4.64. The standard InChI is InChI=1S/C63H67ClN10O9S/c1-63(2)24-22-45(52(35-63)42-12-14-47(64)15-13-42)39-71-28-30-72(31-29-71)48-16-18-51(56(33-48)83-49-32-44-23-25-65-59(44)67-37-49)60(76)69-84(81,82)50-17-19-53(55(34-50)74(79)80)66-36-41-8-7-27-70(38-41)26-5-3-4-9-43-10-6-11-46-40-73(62(78)58(43)46)54-20-21-57(75)68-61(54)77/h6,10-19,23,25,32-34,37,41,54,66H,3,5,7-8,20-22,24,26-31,35-36,38-40H2,1-2H3,(H,65,67)(H,69,76)(H,68,75,77). The Labute approximate surface area is 493 Å². The number of fused-ring (bicyclic) bond motifs is 2. The van der Waals surface area contributed by atoms with E-state index >= 15 is 0 Å². The molecule has 6 heterocycles. The van der Waals surface area contributed by atoms with Crippen LogP contribution < -0.4 is 25.0 Å². The van der Waals surface area contributed by atoms with Crippen LogP contribution >= 0.6 is 11.6 Å². The first-order valence-electron chi connectivity index (χ1n) is 28.7. The largest absolute Gasteiger partial charge is 0.455 e. The summed E-state index contributed by atoms with van der Waals surface area (Å²) in [6.45, 7) is 11.6. The fourth-order valence-corrected chi connectivity index (χ4v) is 13.3. The van der Waals surface area contributed by atoms with Gasteiger partial charge >= 0.3 is 0 Å². The number of imide groups is 1. The van der Waals surface area contributed by atoms with Gasteiger partial charge in [0.2, 0.25) is 11.8 Å². The zero-order valence-electron chi connectivity index (χ0n) is 47.0. The molecule has 19 nitrogen and oxygen atoms in total. The number of unbranched alkanes of at least 4 members (excludes halogenated alkanes) is 1. The van der Waals surface area contributed by atoms with Crippen molar-refractivity contribution in [3.63, 3.8) is 0 Å². The Hall–Kier alpha value is -8.09. The maximum atomic E-state index is 14.2. The number of benzene rings is 4. The van der Waals surface area contributed by atoms with E-state index in [2.05, 4.69) is 77.8 Å². The van der Waals surface area contributed by atoms with Gasteiger partial charge in [-0.05, 0) is 141 Å². The molecule has 84 heavy (non-hydrogen) atoms. The lowest BCUT2D eigenvalue weighted by Crippen LogP contribution is -2.52. The lowest BCUT2D eigenvalue weighted by molar-refractivity contribution is -0.384. The number of likely N-dealkylation sites (tertiary alicyclic amines) is 1. The summed E-state index contributed by atoms with van der Waals surface area (Å²) in [4.78, 5) is 79.4. The van der Waals surface area contributed by atoms with Crippen molar-refractivity contribution in [2.75, 3.05) is 69.1 Å². The van der Waals surface area contributed by atoms with Crippen molar-refractivity contribution >= 4 is 78.9 Å². The minimum absolute atomic E-state index is 0.0615. The number of nitrogens with zero attached hydrogens (tertiary/aromatic N) is 6. The Bertz CT molecular complexity index is 3770. The highest BCUT2D eigenvalue weighted by Gasteiger charge is 2.40. The Balaban J connectivity index is 0.711. The predicted octanol–water partition coefficient (Wildman–Crippen LogP) is 9.54. The number of allylic oxidation sites excluding steroid dienone is 1. The molecule has 21 heteroatoms. The number of nitrogens with one attached hydrogen (secondary N) is 4. The van der Waals surface area contributed by atoms with Gasteiger partial charge in [-0.3, -0.25) is 39.5 Å². The second kappa shape index (κ2) is 24.6. The fourth-order valence-electron chi connectivity index (χ4n) is 12.2. The van der Waals surface area contributed by atoms with Crippen LogP contribution in [0.15, 0.2) is 114 Å². The molecule has 6 aromatic rings. The molecule has 3 saturated heterocycles. The number of nitro benzene ring substituents is 1. The summed E-state index contributed by atoms with van der Waals surface area (Å²) in [5.74, 6) is 4.97. The van der Waals surface area contributed by atoms with Crippen LogP contribution in [0.25, 0.3) is 16.6 Å². The van der Waals surface area contributed by atoms with Crippen molar-refractivity contribution in [1.82, 2.24) is 34.7 Å². The summed E-state index contributed by atoms with van der Waals surface area (Å²) >= 11 is 6.27. The van der Waals surface area contributed by atoms with E-state index in [4.69, 9.17) is 16.3 Å². The van der Waals surface area contributed by atoms with Gasteiger partial charge in [0.05, 0.1) is 27.1 Å². The number of amides is 4. The number of aromatic nitrogens is 2. The second-order valence-corrected chi connectivity index (χ2v) is 25.4. The highest BCUT2D eigenvalue weighted by molar-refractivity contribution is 7.90. The average molecular weight is 1180 g/mol. The van der Waals surface area contributed by atoms with Gasteiger partial charge in [-0.1, -0.05) is 67.1 Å². The van der Waals surface area contributed by atoms with Crippen molar-refractivity contribution in [2.45, 2.75) is 89.1 Å². The second-order valence-electron chi connectivity index (χ2n) is 23.3. The van der Waals surface area contributed by atoms with E-state index in [1.165, 1.54) is 46.0 Å². The highest BCUT2D eigenvalue weighted by atomic mass is 35.5. The third-order valence-corrected chi connectivity index (χ3v) is 18.4. The molecular formula is C63H67ClN10O9S. The number of pyridine rings is 1. The first-order chi connectivity index (χ1) is 40.4. The number of aromatic amines is 1. The van der Waals surface area contributed by atoms with Gasteiger partial charge < -0.3 is 29.7 Å². The Morgan fingerprint density at radius 1 is 0.952 bits per heavy atom. The normalized spacial score (nSPS) is 19.4. The van der Waals surface area contributed by atoms with Gasteiger partial charge in [0.15, 0.2) is 0 Å². The van der Waals surface area contributed by atoms with Crippen LogP contribution in [0.5, 0.6) is 11.5 Å². The number of rotatable bonds is 17. The SMILES string of the molecule is CC1(C)CCC(CN2CCN(c3ccc(C(=O)NS(=O)(=O)c4ccc(NCC5CCCN(CCCC#Cc6cccc7c6C(=O)N(C6CCC(=O)NC6=O)C7)C5)c([N+](=O)[O-])c4)c(Oc4cnc5[nH]ccc5c4)c3)CC2)=C(c2ccc(Cl)cc2)C1. The van der Waals surface area contributed by atoms with Gasteiger partial charge in [-0.15, -0.1) is 0 Å². The van der Waals surface area contributed by atoms with Gasteiger partial charge in [0.1, 0.15) is 28.9 Å². The van der Waals surface area contributed by atoms with Crippen molar-refractivity contribution in [2.24, 2.45) is 11.3 Å². The zero-order valence-corrected chi connectivity index (χ0v) is 48.6. The summed E-state index contributed by atoms with van der Waals surface area (Å²) in [6, 6.07) is 25.2. The van der Waals surface area contributed by atoms with Gasteiger partial charge in [-0.2, -0.15) is 0 Å². The number of hydrogen-bond donors (Lipinski definition) is 4. The average Bonchev–Trinajstić information content (AvgIpc) is 4.28. The molecule has 1 aliphatic carbocycles. The van der Waals surface area contributed by atoms with Gasteiger partial charge in [0.25, 0.3) is 27.5 Å². The molecule has 2 aromatic heterocycles. The summed E-state index contributed by atoms with van der Waals surface area (Å²) in [5.41, 5.74) is 7.27. The van der Waals surface area contributed by atoms with E-state index in [1.807, 2.05) is 36.4 Å². The smallest absolute Gasteiger partial charge is 0.293 e. The number of sulfonamides is 1. The van der Waals surface area contributed by atoms with Crippen LogP contribution in [-0.2, 0) is 26.2 Å². The zero-order chi connectivity index (χ0) is 58.7. The first-order valence-corrected chi connectivity index (χ1v) is 30.6. The van der Waals surface area contributed by atoms with Crippen LogP contribution in [0.4, 0.5) is 17.1 Å². The fraction of sp³-hybridized carbons (Fsp3) is 0.381. The highest BCUT2D eigenvalue weighted by Crippen LogP contribution is 2.44. The molecule has 4 aliphatic heterocycles. The molecular weight excluding hydrogens is 1110 g/mol. The number of halogens is 1. The van der Waals surface area contributed by atoms with Crippen molar-refractivity contribution in [3.8, 4) is 23.3 Å². The monoisotopic (exact) mass is 1170 g/mol. The van der Waals surface area contributed by atoms with E-state index in [0.717, 1.165) is 106 Å². The lowest BCUT2D eigenvalue weighted by atomic mass is 9.72. The van der Waals surface area contributed by atoms with Crippen LogP contribution in [0.2, 0.25) is 5.02 Å². The molecule has 0 radical (unpaired) electrons. The third-order valence-electron chi connectivity index (χ3n) is 16.8. The quantitative estimate of drug-likeness (QED) is 0.0219. The van der Waals surface area contributed by atoms with E-state index in [0.29, 0.717) is 48.6 Å². The summed E-state index contributed by atoms with van der Waals surface area (Å²) in [6.07, 6.45) is 10.1. The van der Waals surface area contributed by atoms with E-state index in [9.17, 15) is 37.7 Å². The molecule has 4 amide bonds. The Morgan fingerprint density at radius 3 is 2.57 bits per heavy atom. The minimum Gasteiger partial charge on any atom is -0.455 e. The molecule has 3 fully saturated rings. The topological polar surface area (TPSA) is 233 Å². The number of hydrogen-bond acceptors (Lipinski definition) is 14. The van der Waals surface area contributed by atoms with Gasteiger partial charge in [0, 0.05) is 105 Å². The number of H-pyrrole nitrogens is 1. The maximum absolute atomic E-state index is 14.2. The van der Waals surface area contributed by atoms with Crippen LogP contribution in [0.3, 0.4) is 0 Å². The number of ether oxygens (including phenoxy) is 1. The molecule has 2 atom stereocenters. The molecule has 4 N–H and O–H groups in total. The third kappa shape index (κ3) is 13.1. The molecule has 436 valence electrons. The van der Waals surface area contributed by atoms with Crippen LogP contribution in [0.1, 0.15) is 109 Å². The Kier molecular flexibility index (Phi) is 16.9. The summed E-state index contributed by atoms with van der Waals surface area (Å²) in [7, 11) is -4.64. The molecule has 0 spiro atoms. The van der Waals surface area contributed by atoms with Crippen molar-refractivity contribution in [3.05, 3.63) is 152 Å². The number of carbonyl (C=O) groups excluding carboxylic acids is 4. The van der Waals surface area contributed by atoms with E-state index in [-0.39, 0.29) is 59.5 Å². The summed E-state index contributed by atoms with van der Waals surface area (Å²) in [5, 5.41) is 19.6.